The molecule has 2 heterocycles. The summed E-state index contributed by atoms with van der Waals surface area (Å²) in [6, 6.07) is 13.0. The highest BCUT2D eigenvalue weighted by Crippen LogP contribution is 2.49. The van der Waals surface area contributed by atoms with Gasteiger partial charge in [0.05, 0.1) is 5.75 Å². The molecule has 0 spiro atoms. The lowest BCUT2D eigenvalue weighted by atomic mass is 10.0. The number of benzene rings is 2. The van der Waals surface area contributed by atoms with Gasteiger partial charge in [-0.25, -0.2) is 12.7 Å². The van der Waals surface area contributed by atoms with E-state index in [-0.39, 0.29) is 23.9 Å². The van der Waals surface area contributed by atoms with Crippen LogP contribution in [-0.2, 0) is 10.0 Å². The van der Waals surface area contributed by atoms with E-state index in [4.69, 9.17) is 4.42 Å². The number of rotatable bonds is 2. The van der Waals surface area contributed by atoms with E-state index in [1.807, 2.05) is 36.4 Å². The van der Waals surface area contributed by atoms with Crippen LogP contribution >= 0.6 is 0 Å². The Kier molecular flexibility index (Phi) is 3.21. The van der Waals surface area contributed by atoms with Crippen LogP contribution < -0.4 is 4.31 Å². The third-order valence-corrected chi connectivity index (χ3v) is 6.03. The van der Waals surface area contributed by atoms with Crippen molar-refractivity contribution in [2.45, 2.75) is 6.42 Å². The number of nitrogens with zero attached hydrogens (tertiary/aromatic N) is 1. The van der Waals surface area contributed by atoms with E-state index in [0.29, 0.717) is 12.0 Å². The lowest BCUT2D eigenvalue weighted by Crippen LogP contribution is -2.24. The van der Waals surface area contributed by atoms with Crippen LogP contribution in [0.5, 0.6) is 11.5 Å². The van der Waals surface area contributed by atoms with E-state index in [0.717, 1.165) is 15.1 Å². The van der Waals surface area contributed by atoms with E-state index in [1.165, 1.54) is 0 Å². The topological polar surface area (TPSA) is 91.0 Å². The molecule has 1 aliphatic rings. The molecule has 1 aliphatic heterocycles. The summed E-state index contributed by atoms with van der Waals surface area (Å²) in [6.45, 7) is 0.220. The summed E-state index contributed by atoms with van der Waals surface area (Å²) in [6.07, 6.45) is 0.451. The molecular formula is C17H15NO5S. The number of hydrogen-bond acceptors (Lipinski definition) is 5. The van der Waals surface area contributed by atoms with E-state index in [1.54, 1.807) is 6.07 Å². The molecule has 0 atom stereocenters. The van der Waals surface area contributed by atoms with E-state index >= 15 is 0 Å². The van der Waals surface area contributed by atoms with Crippen LogP contribution in [0.25, 0.3) is 22.1 Å². The summed E-state index contributed by atoms with van der Waals surface area (Å²) in [4.78, 5) is 0. The summed E-state index contributed by atoms with van der Waals surface area (Å²) in [5.74, 6) is -1.18. The van der Waals surface area contributed by atoms with Crippen molar-refractivity contribution in [3.05, 3.63) is 42.5 Å². The summed E-state index contributed by atoms with van der Waals surface area (Å²) < 4.78 is 30.7. The van der Waals surface area contributed by atoms with Gasteiger partial charge in [0.1, 0.15) is 0 Å². The Hall–Kier alpha value is -2.67. The van der Waals surface area contributed by atoms with Crippen LogP contribution in [0.15, 0.2) is 46.9 Å². The predicted molar refractivity (Wildman–Crippen MR) is 90.7 cm³/mol. The average molecular weight is 345 g/mol. The SMILES string of the molecule is O=S1(=O)CCCN1c1oc(-c2cccc3ccccc23)c(O)c1O. The third kappa shape index (κ3) is 2.12. The molecule has 3 aromatic rings. The monoisotopic (exact) mass is 345 g/mol. The fourth-order valence-electron chi connectivity index (χ4n) is 3.04. The number of aromatic hydroxyl groups is 2. The molecule has 1 saturated heterocycles. The summed E-state index contributed by atoms with van der Waals surface area (Å²) in [7, 11) is -3.52. The Bertz CT molecular complexity index is 1030. The molecular weight excluding hydrogens is 330 g/mol. The van der Waals surface area contributed by atoms with Gasteiger partial charge in [-0.3, -0.25) is 0 Å². The van der Waals surface area contributed by atoms with Gasteiger partial charge in [-0.1, -0.05) is 42.5 Å². The van der Waals surface area contributed by atoms with Gasteiger partial charge in [0.15, 0.2) is 5.76 Å². The molecule has 4 rings (SSSR count). The minimum atomic E-state index is -3.52. The van der Waals surface area contributed by atoms with Gasteiger partial charge in [0.25, 0.3) is 5.88 Å². The fraction of sp³-hybridized carbons (Fsp3) is 0.176. The Morgan fingerprint density at radius 2 is 1.75 bits per heavy atom. The number of furan rings is 1. The Labute approximate surface area is 138 Å². The van der Waals surface area contributed by atoms with Crippen molar-refractivity contribution < 1.29 is 23.0 Å². The summed E-state index contributed by atoms with van der Waals surface area (Å²) >= 11 is 0. The van der Waals surface area contributed by atoms with Gasteiger partial charge in [0.2, 0.25) is 21.5 Å². The molecule has 0 saturated carbocycles. The molecule has 6 nitrogen and oxygen atoms in total. The maximum atomic E-state index is 12.1. The van der Waals surface area contributed by atoms with Gasteiger partial charge >= 0.3 is 0 Å². The van der Waals surface area contributed by atoms with Crippen molar-refractivity contribution in [1.82, 2.24) is 0 Å². The van der Waals surface area contributed by atoms with Crippen LogP contribution in [0.2, 0.25) is 0 Å². The lowest BCUT2D eigenvalue weighted by Gasteiger charge is -2.13. The molecule has 24 heavy (non-hydrogen) atoms. The van der Waals surface area contributed by atoms with Crippen molar-refractivity contribution in [3.63, 3.8) is 0 Å². The molecule has 0 aliphatic carbocycles. The number of hydrogen-bond donors (Lipinski definition) is 2. The number of anilines is 1. The second-order valence-electron chi connectivity index (χ2n) is 5.70. The average Bonchev–Trinajstić information content (AvgIpc) is 3.07. The maximum Gasteiger partial charge on any atom is 0.256 e. The quantitative estimate of drug-likeness (QED) is 0.745. The highest BCUT2D eigenvalue weighted by Gasteiger charge is 2.35. The molecule has 0 unspecified atom stereocenters. The molecule has 0 amide bonds. The van der Waals surface area contributed by atoms with Crippen molar-refractivity contribution in [2.75, 3.05) is 16.6 Å². The zero-order valence-corrected chi connectivity index (χ0v) is 13.5. The maximum absolute atomic E-state index is 12.1. The highest BCUT2D eigenvalue weighted by molar-refractivity contribution is 7.93. The smallest absolute Gasteiger partial charge is 0.256 e. The van der Waals surface area contributed by atoms with E-state index < -0.39 is 21.5 Å². The first kappa shape index (κ1) is 14.9. The van der Waals surface area contributed by atoms with E-state index in [9.17, 15) is 18.6 Å². The normalized spacial score (nSPS) is 16.8. The van der Waals surface area contributed by atoms with Crippen LogP contribution in [0.4, 0.5) is 5.88 Å². The summed E-state index contributed by atoms with van der Waals surface area (Å²) in [5, 5.41) is 22.3. The van der Waals surface area contributed by atoms with Crippen LogP contribution in [0, 0.1) is 0 Å². The van der Waals surface area contributed by atoms with Crippen LogP contribution in [0.1, 0.15) is 6.42 Å². The number of fused-ring (bicyclic) bond motifs is 1. The highest BCUT2D eigenvalue weighted by atomic mass is 32.2. The third-order valence-electron chi connectivity index (χ3n) is 4.20. The first-order valence-electron chi connectivity index (χ1n) is 7.52. The molecule has 0 radical (unpaired) electrons. The Balaban J connectivity index is 1.93. The van der Waals surface area contributed by atoms with Crippen molar-refractivity contribution in [2.24, 2.45) is 0 Å². The van der Waals surface area contributed by atoms with Crippen LogP contribution in [0.3, 0.4) is 0 Å². The van der Waals surface area contributed by atoms with Gasteiger partial charge in [-0.2, -0.15) is 0 Å². The van der Waals surface area contributed by atoms with Gasteiger partial charge in [0, 0.05) is 12.1 Å². The molecule has 7 heteroatoms. The van der Waals surface area contributed by atoms with E-state index in [2.05, 4.69) is 0 Å². The standard InChI is InChI=1S/C17H15NO5S/c19-14-15(20)17(18-9-4-10-24(18,21)22)23-16(14)13-8-3-6-11-5-1-2-7-12(11)13/h1-3,5-8,19-20H,4,9-10H2. The molecule has 2 N–H and O–H groups in total. The molecule has 1 fully saturated rings. The minimum absolute atomic E-state index is 0.00248. The molecule has 0 bridgehead atoms. The Morgan fingerprint density at radius 3 is 2.50 bits per heavy atom. The zero-order valence-electron chi connectivity index (χ0n) is 12.6. The van der Waals surface area contributed by atoms with Gasteiger partial charge in [-0.15, -0.1) is 0 Å². The zero-order chi connectivity index (χ0) is 16.9. The second-order valence-corrected chi connectivity index (χ2v) is 7.71. The first-order chi connectivity index (χ1) is 11.5. The van der Waals surface area contributed by atoms with Crippen molar-refractivity contribution in [1.29, 1.82) is 0 Å². The second kappa shape index (κ2) is 5.17. The molecule has 1 aromatic heterocycles. The fourth-order valence-corrected chi connectivity index (χ4v) is 4.54. The van der Waals surface area contributed by atoms with Crippen LogP contribution in [-0.4, -0.2) is 30.9 Å². The minimum Gasteiger partial charge on any atom is -0.502 e. The van der Waals surface area contributed by atoms with Crippen molar-refractivity contribution in [3.8, 4) is 22.8 Å². The lowest BCUT2D eigenvalue weighted by molar-refractivity contribution is 0.409. The molecule has 124 valence electrons. The predicted octanol–water partition coefficient (Wildman–Crippen LogP) is 3.05. The largest absolute Gasteiger partial charge is 0.502 e. The molecule has 2 aromatic carbocycles. The number of sulfonamides is 1. The first-order valence-corrected chi connectivity index (χ1v) is 9.13. The van der Waals surface area contributed by atoms with Gasteiger partial charge < -0.3 is 14.6 Å². The Morgan fingerprint density at radius 1 is 1.00 bits per heavy atom. The van der Waals surface area contributed by atoms with Gasteiger partial charge in [-0.05, 0) is 17.2 Å². The van der Waals surface area contributed by atoms with Crippen molar-refractivity contribution >= 4 is 26.7 Å². The summed E-state index contributed by atoms with van der Waals surface area (Å²) in [5.41, 5.74) is 0.587.